The van der Waals surface area contributed by atoms with Gasteiger partial charge in [0.05, 0.1) is 5.56 Å². The second-order valence-corrected chi connectivity index (χ2v) is 6.92. The van der Waals surface area contributed by atoms with Gasteiger partial charge >= 0.3 is 6.18 Å². The largest absolute Gasteiger partial charge is 0.416 e. The average Bonchev–Trinajstić information content (AvgIpc) is 3.16. The molecule has 0 bridgehead atoms. The van der Waals surface area contributed by atoms with Crippen LogP contribution in [0.2, 0.25) is 0 Å². The van der Waals surface area contributed by atoms with E-state index in [0.29, 0.717) is 5.56 Å². The third-order valence-electron chi connectivity index (χ3n) is 4.24. The number of amides is 1. The van der Waals surface area contributed by atoms with Gasteiger partial charge in [-0.1, -0.05) is 36.0 Å². The van der Waals surface area contributed by atoms with Crippen LogP contribution >= 0.6 is 11.8 Å². The summed E-state index contributed by atoms with van der Waals surface area (Å²) < 4.78 is 41.4. The number of benzene rings is 2. The smallest absolute Gasteiger partial charge is 0.337 e. The lowest BCUT2D eigenvalue weighted by Crippen LogP contribution is -2.27. The van der Waals surface area contributed by atoms with Gasteiger partial charge in [-0.2, -0.15) is 13.2 Å². The number of carbonyl (C=O) groups excluding carboxylic acids is 1. The number of halogens is 3. The summed E-state index contributed by atoms with van der Waals surface area (Å²) in [6, 6.07) is 12.2. The lowest BCUT2D eigenvalue weighted by molar-refractivity contribution is -0.138. The zero-order chi connectivity index (χ0) is 20.3. The Morgan fingerprint density at radius 3 is 2.64 bits per heavy atom. The molecule has 0 unspecified atom stereocenters. The van der Waals surface area contributed by atoms with Crippen molar-refractivity contribution < 1.29 is 18.0 Å². The number of aromatic nitrogens is 2. The highest BCUT2D eigenvalue weighted by Crippen LogP contribution is 2.32. The molecule has 1 aromatic heterocycles. The summed E-state index contributed by atoms with van der Waals surface area (Å²) in [4.78, 5) is 18.3. The zero-order valence-electron chi connectivity index (χ0n) is 15.3. The Balaban J connectivity index is 1.84. The highest BCUT2D eigenvalue weighted by Gasteiger charge is 2.33. The number of imidazole rings is 1. The van der Waals surface area contributed by atoms with Crippen LogP contribution < -0.4 is 0 Å². The van der Waals surface area contributed by atoms with E-state index in [2.05, 4.69) is 4.98 Å². The minimum Gasteiger partial charge on any atom is -0.337 e. The number of alkyl halides is 3. The first-order valence-electron chi connectivity index (χ1n) is 8.39. The van der Waals surface area contributed by atoms with E-state index < -0.39 is 11.7 Å². The van der Waals surface area contributed by atoms with Gasteiger partial charge < -0.3 is 4.90 Å². The van der Waals surface area contributed by atoms with Gasteiger partial charge in [-0.3, -0.25) is 9.36 Å². The molecule has 1 amide bonds. The fourth-order valence-electron chi connectivity index (χ4n) is 2.91. The maximum absolute atomic E-state index is 13.2. The van der Waals surface area contributed by atoms with Crippen LogP contribution in [0.25, 0.3) is 5.69 Å². The van der Waals surface area contributed by atoms with E-state index >= 15 is 0 Å². The molecule has 0 radical (unpaired) electrons. The van der Waals surface area contributed by atoms with Crippen molar-refractivity contribution >= 4 is 17.7 Å². The lowest BCUT2D eigenvalue weighted by Gasteiger charge is -2.20. The van der Waals surface area contributed by atoms with Gasteiger partial charge in [0, 0.05) is 37.2 Å². The van der Waals surface area contributed by atoms with E-state index in [4.69, 9.17) is 0 Å². The monoisotopic (exact) mass is 405 g/mol. The van der Waals surface area contributed by atoms with Crippen molar-refractivity contribution in [2.75, 3.05) is 13.3 Å². The zero-order valence-corrected chi connectivity index (χ0v) is 16.1. The van der Waals surface area contributed by atoms with Crippen molar-refractivity contribution in [2.45, 2.75) is 17.9 Å². The van der Waals surface area contributed by atoms with Crippen LogP contribution in [-0.2, 0) is 12.7 Å². The van der Waals surface area contributed by atoms with Crippen LogP contribution in [0.1, 0.15) is 21.5 Å². The molecule has 0 N–H and O–H groups in total. The number of hydrogen-bond acceptors (Lipinski definition) is 3. The third-order valence-corrected chi connectivity index (χ3v) is 4.90. The first-order valence-corrected chi connectivity index (χ1v) is 9.62. The van der Waals surface area contributed by atoms with Crippen molar-refractivity contribution in [3.63, 3.8) is 0 Å². The molecule has 146 valence electrons. The summed E-state index contributed by atoms with van der Waals surface area (Å²) in [7, 11) is 1.49. The molecule has 0 aliphatic carbocycles. The molecule has 3 aromatic rings. The van der Waals surface area contributed by atoms with Gasteiger partial charge in [-0.15, -0.1) is 0 Å². The summed E-state index contributed by atoms with van der Waals surface area (Å²) in [5.41, 5.74) is 0.481. The maximum atomic E-state index is 13.2. The Morgan fingerprint density at radius 2 is 1.93 bits per heavy atom. The fraction of sp³-hybridized carbons (Fsp3) is 0.200. The Kier molecular flexibility index (Phi) is 5.79. The summed E-state index contributed by atoms with van der Waals surface area (Å²) >= 11 is 1.47. The van der Waals surface area contributed by atoms with Crippen LogP contribution in [0.3, 0.4) is 0 Å². The van der Waals surface area contributed by atoms with Crippen molar-refractivity contribution in [3.8, 4) is 5.69 Å². The standard InChI is InChI=1S/C20H18F3N3OS/c1-25(13-15-6-3-4-9-17(15)20(21,22)23)18(27)14-7-5-8-16(12-14)26-11-10-24-19(26)28-2/h3-12H,13H2,1-2H3. The molecule has 3 rings (SSSR count). The minimum atomic E-state index is -4.46. The molecule has 0 aliphatic rings. The van der Waals surface area contributed by atoms with Crippen LogP contribution in [0.5, 0.6) is 0 Å². The second kappa shape index (κ2) is 8.10. The lowest BCUT2D eigenvalue weighted by atomic mass is 10.1. The predicted octanol–water partition coefficient (Wildman–Crippen LogP) is 4.89. The van der Waals surface area contributed by atoms with Crippen molar-refractivity contribution in [3.05, 3.63) is 77.6 Å². The summed E-state index contributed by atoms with van der Waals surface area (Å²) in [5, 5.41) is 0.775. The molecule has 0 spiro atoms. The molecular weight excluding hydrogens is 387 g/mol. The topological polar surface area (TPSA) is 38.1 Å². The minimum absolute atomic E-state index is 0.0567. The number of thioether (sulfide) groups is 1. The number of rotatable bonds is 5. The Hall–Kier alpha value is -2.74. The Labute approximate surface area is 165 Å². The molecule has 2 aromatic carbocycles. The SMILES string of the molecule is CSc1nccn1-c1cccc(C(=O)N(C)Cc2ccccc2C(F)(F)F)c1. The molecule has 0 saturated heterocycles. The number of nitrogens with zero attached hydrogens (tertiary/aromatic N) is 3. The molecule has 0 saturated carbocycles. The summed E-state index contributed by atoms with van der Waals surface area (Å²) in [6.07, 6.45) is 0.898. The highest BCUT2D eigenvalue weighted by atomic mass is 32.2. The third kappa shape index (κ3) is 4.22. The molecule has 8 heteroatoms. The van der Waals surface area contributed by atoms with Crippen molar-refractivity contribution in [2.24, 2.45) is 0 Å². The van der Waals surface area contributed by atoms with Gasteiger partial charge in [0.25, 0.3) is 5.91 Å². The van der Waals surface area contributed by atoms with Crippen LogP contribution in [0, 0.1) is 0 Å². The molecule has 0 atom stereocenters. The molecule has 4 nitrogen and oxygen atoms in total. The number of carbonyl (C=O) groups is 1. The first-order chi connectivity index (χ1) is 13.3. The molecule has 1 heterocycles. The van der Waals surface area contributed by atoms with E-state index in [1.165, 1.54) is 41.9 Å². The average molecular weight is 405 g/mol. The van der Waals surface area contributed by atoms with E-state index in [-0.39, 0.29) is 18.0 Å². The second-order valence-electron chi connectivity index (χ2n) is 6.15. The van der Waals surface area contributed by atoms with Gasteiger partial charge in [0.1, 0.15) is 0 Å². The Morgan fingerprint density at radius 1 is 1.18 bits per heavy atom. The molecule has 0 aliphatic heterocycles. The van der Waals surface area contributed by atoms with Crippen molar-refractivity contribution in [1.29, 1.82) is 0 Å². The van der Waals surface area contributed by atoms with Gasteiger partial charge in [-0.25, -0.2) is 4.98 Å². The molecular formula is C20H18F3N3OS. The highest BCUT2D eigenvalue weighted by molar-refractivity contribution is 7.98. The van der Waals surface area contributed by atoms with Crippen LogP contribution in [0.4, 0.5) is 13.2 Å². The van der Waals surface area contributed by atoms with Crippen LogP contribution in [0.15, 0.2) is 66.1 Å². The first kappa shape index (κ1) is 20.0. The number of hydrogen-bond donors (Lipinski definition) is 0. The fourth-order valence-corrected chi connectivity index (χ4v) is 3.44. The van der Waals surface area contributed by atoms with Crippen molar-refractivity contribution in [1.82, 2.24) is 14.5 Å². The maximum Gasteiger partial charge on any atom is 0.416 e. The van der Waals surface area contributed by atoms with E-state index in [1.807, 2.05) is 16.9 Å². The molecule has 28 heavy (non-hydrogen) atoms. The van der Waals surface area contributed by atoms with Gasteiger partial charge in [0.2, 0.25) is 0 Å². The predicted molar refractivity (Wildman–Crippen MR) is 103 cm³/mol. The van der Waals surface area contributed by atoms with Crippen LogP contribution in [-0.4, -0.2) is 33.7 Å². The van der Waals surface area contributed by atoms with E-state index in [9.17, 15) is 18.0 Å². The quantitative estimate of drug-likeness (QED) is 0.568. The summed E-state index contributed by atoms with van der Waals surface area (Å²) in [6.45, 7) is -0.139. The Bertz CT molecular complexity index is 985. The van der Waals surface area contributed by atoms with E-state index in [1.54, 1.807) is 30.6 Å². The molecule has 0 fully saturated rings. The van der Waals surface area contributed by atoms with Gasteiger partial charge in [0.15, 0.2) is 5.16 Å². The normalized spacial score (nSPS) is 11.5. The van der Waals surface area contributed by atoms with Gasteiger partial charge in [-0.05, 0) is 36.1 Å². The van der Waals surface area contributed by atoms with E-state index in [0.717, 1.165) is 16.9 Å². The summed E-state index contributed by atoms with van der Waals surface area (Å²) in [5.74, 6) is -0.357.